The molecule has 1 amide bonds. The van der Waals surface area contributed by atoms with Crippen LogP contribution in [0.5, 0.6) is 0 Å². The molecule has 4 heteroatoms. The second-order valence-electron chi connectivity index (χ2n) is 3.80. The van der Waals surface area contributed by atoms with Gasteiger partial charge in [0.2, 0.25) is 0 Å². The Labute approximate surface area is 84.1 Å². The summed E-state index contributed by atoms with van der Waals surface area (Å²) < 4.78 is 1.83. The molecule has 0 aliphatic rings. The van der Waals surface area contributed by atoms with E-state index in [1.165, 1.54) is 0 Å². The summed E-state index contributed by atoms with van der Waals surface area (Å²) in [7, 11) is 0. The zero-order valence-corrected chi connectivity index (χ0v) is 8.95. The Balaban J connectivity index is 2.96. The lowest BCUT2D eigenvalue weighted by atomic mass is 10.1. The number of nitrogens with two attached hydrogens (primary N) is 1. The van der Waals surface area contributed by atoms with Crippen LogP contribution in [0, 0.1) is 5.92 Å². The van der Waals surface area contributed by atoms with Gasteiger partial charge in [-0.05, 0) is 25.3 Å². The highest BCUT2D eigenvalue weighted by atomic mass is 16.1. The lowest BCUT2D eigenvalue weighted by Crippen LogP contribution is -2.12. The first-order valence-electron chi connectivity index (χ1n) is 4.91. The second kappa shape index (κ2) is 4.26. The predicted octanol–water partition coefficient (Wildman–Crippen LogP) is 1.20. The molecule has 0 saturated carbocycles. The van der Waals surface area contributed by atoms with Crippen LogP contribution in [0.15, 0.2) is 6.07 Å². The number of hydrogen-bond donors (Lipinski definition) is 1. The molecule has 0 unspecified atom stereocenters. The van der Waals surface area contributed by atoms with Gasteiger partial charge in [-0.25, -0.2) is 0 Å². The molecule has 2 N–H and O–H groups in total. The minimum atomic E-state index is -0.456. The lowest BCUT2D eigenvalue weighted by Gasteiger charge is -2.06. The van der Waals surface area contributed by atoms with Crippen LogP contribution >= 0.6 is 0 Å². The largest absolute Gasteiger partial charge is 0.364 e. The van der Waals surface area contributed by atoms with Crippen molar-refractivity contribution in [3.05, 3.63) is 17.5 Å². The lowest BCUT2D eigenvalue weighted by molar-refractivity contribution is 0.0995. The standard InChI is InChI=1S/C10H17N3O/c1-4-13-8(5-7(2)3)6-9(12-13)10(11)14/h6-7H,4-5H2,1-3H3,(H2,11,14). The van der Waals surface area contributed by atoms with E-state index in [2.05, 4.69) is 18.9 Å². The van der Waals surface area contributed by atoms with Gasteiger partial charge in [-0.1, -0.05) is 13.8 Å². The molecular formula is C10H17N3O. The zero-order valence-electron chi connectivity index (χ0n) is 8.95. The zero-order chi connectivity index (χ0) is 10.7. The highest BCUT2D eigenvalue weighted by Gasteiger charge is 2.11. The molecule has 0 aliphatic carbocycles. The maximum absolute atomic E-state index is 10.9. The minimum absolute atomic E-state index is 0.363. The third-order valence-electron chi connectivity index (χ3n) is 2.03. The quantitative estimate of drug-likeness (QED) is 0.784. The van der Waals surface area contributed by atoms with Gasteiger partial charge in [-0.15, -0.1) is 0 Å². The fourth-order valence-corrected chi connectivity index (χ4v) is 1.43. The molecular weight excluding hydrogens is 178 g/mol. The van der Waals surface area contributed by atoms with Crippen LogP contribution < -0.4 is 5.73 Å². The highest BCUT2D eigenvalue weighted by molar-refractivity contribution is 5.90. The van der Waals surface area contributed by atoms with Crippen LogP contribution in [-0.4, -0.2) is 15.7 Å². The van der Waals surface area contributed by atoms with Crippen molar-refractivity contribution < 1.29 is 4.79 Å². The van der Waals surface area contributed by atoms with Gasteiger partial charge in [0.1, 0.15) is 5.69 Å². The summed E-state index contributed by atoms with van der Waals surface area (Å²) in [6.07, 6.45) is 0.925. The summed E-state index contributed by atoms with van der Waals surface area (Å²) in [5.41, 5.74) is 6.61. The van der Waals surface area contributed by atoms with E-state index in [0.717, 1.165) is 18.7 Å². The van der Waals surface area contributed by atoms with Crippen molar-refractivity contribution in [2.24, 2.45) is 11.7 Å². The van der Waals surface area contributed by atoms with E-state index in [-0.39, 0.29) is 0 Å². The van der Waals surface area contributed by atoms with Gasteiger partial charge >= 0.3 is 0 Å². The van der Waals surface area contributed by atoms with Gasteiger partial charge in [-0.2, -0.15) is 5.10 Å². The molecule has 0 aliphatic heterocycles. The van der Waals surface area contributed by atoms with Crippen LogP contribution in [0.25, 0.3) is 0 Å². The van der Waals surface area contributed by atoms with Gasteiger partial charge in [0, 0.05) is 12.2 Å². The molecule has 0 spiro atoms. The molecule has 0 radical (unpaired) electrons. The Morgan fingerprint density at radius 3 is 2.71 bits per heavy atom. The Kier molecular flexibility index (Phi) is 3.28. The number of carbonyl (C=O) groups excluding carboxylic acids is 1. The van der Waals surface area contributed by atoms with Crippen LogP contribution in [0.1, 0.15) is 37.0 Å². The first-order chi connectivity index (χ1) is 6.54. The number of nitrogens with zero attached hydrogens (tertiary/aromatic N) is 2. The summed E-state index contributed by atoms with van der Waals surface area (Å²) in [6.45, 7) is 7.05. The SMILES string of the molecule is CCn1nc(C(N)=O)cc1CC(C)C. The summed E-state index contributed by atoms with van der Waals surface area (Å²) in [6, 6.07) is 1.78. The van der Waals surface area contributed by atoms with Crippen molar-refractivity contribution in [3.63, 3.8) is 0 Å². The topological polar surface area (TPSA) is 60.9 Å². The number of hydrogen-bond acceptors (Lipinski definition) is 2. The fourth-order valence-electron chi connectivity index (χ4n) is 1.43. The smallest absolute Gasteiger partial charge is 0.269 e. The molecule has 1 aromatic heterocycles. The number of aromatic nitrogens is 2. The Morgan fingerprint density at radius 2 is 2.29 bits per heavy atom. The third kappa shape index (κ3) is 2.34. The number of amides is 1. The number of carbonyl (C=O) groups is 1. The summed E-state index contributed by atoms with van der Waals surface area (Å²) >= 11 is 0. The molecule has 0 saturated heterocycles. The van der Waals surface area contributed by atoms with E-state index in [4.69, 9.17) is 5.73 Å². The maximum atomic E-state index is 10.9. The monoisotopic (exact) mass is 195 g/mol. The van der Waals surface area contributed by atoms with Crippen LogP contribution in [0.4, 0.5) is 0 Å². The van der Waals surface area contributed by atoms with Crippen molar-refractivity contribution in [2.45, 2.75) is 33.7 Å². The van der Waals surface area contributed by atoms with Crippen LogP contribution in [0.2, 0.25) is 0 Å². The van der Waals surface area contributed by atoms with Crippen LogP contribution in [0.3, 0.4) is 0 Å². The van der Waals surface area contributed by atoms with E-state index >= 15 is 0 Å². The van der Waals surface area contributed by atoms with Crippen LogP contribution in [-0.2, 0) is 13.0 Å². The van der Waals surface area contributed by atoms with Crippen molar-refractivity contribution in [1.29, 1.82) is 0 Å². The van der Waals surface area contributed by atoms with Crippen molar-refractivity contribution in [1.82, 2.24) is 9.78 Å². The average Bonchev–Trinajstić information content (AvgIpc) is 2.46. The van der Waals surface area contributed by atoms with Crippen molar-refractivity contribution in [2.75, 3.05) is 0 Å². The van der Waals surface area contributed by atoms with Crippen molar-refractivity contribution >= 4 is 5.91 Å². The normalized spacial score (nSPS) is 10.9. The van der Waals surface area contributed by atoms with E-state index in [1.807, 2.05) is 11.6 Å². The minimum Gasteiger partial charge on any atom is -0.364 e. The number of primary amides is 1. The van der Waals surface area contributed by atoms with Gasteiger partial charge in [0.15, 0.2) is 0 Å². The van der Waals surface area contributed by atoms with E-state index < -0.39 is 5.91 Å². The summed E-state index contributed by atoms with van der Waals surface area (Å²) in [4.78, 5) is 10.9. The molecule has 1 aromatic rings. The first-order valence-corrected chi connectivity index (χ1v) is 4.91. The maximum Gasteiger partial charge on any atom is 0.269 e. The van der Waals surface area contributed by atoms with E-state index in [1.54, 1.807) is 6.07 Å². The molecule has 0 atom stereocenters. The molecule has 78 valence electrons. The second-order valence-corrected chi connectivity index (χ2v) is 3.80. The highest BCUT2D eigenvalue weighted by Crippen LogP contribution is 2.10. The molecule has 0 fully saturated rings. The first kappa shape index (κ1) is 10.8. The van der Waals surface area contributed by atoms with Gasteiger partial charge in [-0.3, -0.25) is 9.48 Å². The van der Waals surface area contributed by atoms with Gasteiger partial charge < -0.3 is 5.73 Å². The number of rotatable bonds is 4. The average molecular weight is 195 g/mol. The molecule has 1 heterocycles. The van der Waals surface area contributed by atoms with Gasteiger partial charge in [0.25, 0.3) is 5.91 Å². The third-order valence-corrected chi connectivity index (χ3v) is 2.03. The Hall–Kier alpha value is -1.32. The molecule has 0 bridgehead atoms. The number of aryl methyl sites for hydroxylation is 1. The molecule has 14 heavy (non-hydrogen) atoms. The Bertz CT molecular complexity index is 328. The summed E-state index contributed by atoms with van der Waals surface area (Å²) in [5, 5.41) is 4.12. The fraction of sp³-hybridized carbons (Fsp3) is 0.600. The van der Waals surface area contributed by atoms with E-state index in [0.29, 0.717) is 11.6 Å². The van der Waals surface area contributed by atoms with Crippen molar-refractivity contribution in [3.8, 4) is 0 Å². The Morgan fingerprint density at radius 1 is 1.64 bits per heavy atom. The predicted molar refractivity (Wildman–Crippen MR) is 55.0 cm³/mol. The van der Waals surface area contributed by atoms with Gasteiger partial charge in [0.05, 0.1) is 0 Å². The molecule has 4 nitrogen and oxygen atoms in total. The molecule has 0 aromatic carbocycles. The molecule has 1 rings (SSSR count). The van der Waals surface area contributed by atoms with E-state index in [9.17, 15) is 4.79 Å². The summed E-state index contributed by atoms with van der Waals surface area (Å²) in [5.74, 6) is 0.0972.